The van der Waals surface area contributed by atoms with Crippen LogP contribution in [0, 0.1) is 5.92 Å². The van der Waals surface area contributed by atoms with Gasteiger partial charge in [0.25, 0.3) is 5.91 Å². The maximum atomic E-state index is 12.3. The maximum Gasteiger partial charge on any atom is 0.330 e. The Morgan fingerprint density at radius 3 is 2.03 bits per heavy atom. The molecule has 11 nitrogen and oxygen atoms in total. The van der Waals surface area contributed by atoms with Crippen LogP contribution in [0.4, 0.5) is 0 Å². The number of aliphatic hydroxyl groups excluding tert-OH is 4. The van der Waals surface area contributed by atoms with Crippen LogP contribution in [0.15, 0.2) is 30.3 Å². The SMILES string of the molecule is CC(C)C[C@H](N)C(=O)N[C@@H](CO)[C@@H](O)[C@@H](O)[C@H](O)C(=O)N[C@@H](C(=O)O)c1ccccc1. The van der Waals surface area contributed by atoms with Gasteiger partial charge in [0.1, 0.15) is 12.2 Å². The van der Waals surface area contributed by atoms with Crippen LogP contribution >= 0.6 is 0 Å². The standard InChI is InChI=1S/C20H31N3O8/c1-10(2)8-12(21)18(28)22-13(9-24)15(25)16(26)17(27)19(29)23-14(20(30)31)11-6-4-3-5-7-11/h3-7,10,12-17,24-27H,8-9,21H2,1-2H3,(H,22,28)(H,23,29)(H,30,31)/t12-,13-,14+,15+,16+,17-/m0/s1. The third-order valence-electron chi connectivity index (χ3n) is 4.61. The number of hydrogen-bond acceptors (Lipinski definition) is 8. The minimum Gasteiger partial charge on any atom is -0.479 e. The van der Waals surface area contributed by atoms with E-state index in [4.69, 9.17) is 5.73 Å². The van der Waals surface area contributed by atoms with Crippen molar-refractivity contribution >= 4 is 17.8 Å². The lowest BCUT2D eigenvalue weighted by molar-refractivity contribution is -0.149. The molecule has 0 saturated heterocycles. The Balaban J connectivity index is 2.81. The molecule has 0 radical (unpaired) electrons. The number of hydrogen-bond donors (Lipinski definition) is 8. The zero-order chi connectivity index (χ0) is 23.7. The first-order valence-corrected chi connectivity index (χ1v) is 9.78. The molecule has 0 fully saturated rings. The van der Waals surface area contributed by atoms with Gasteiger partial charge in [-0.2, -0.15) is 0 Å². The van der Waals surface area contributed by atoms with E-state index in [-0.39, 0.29) is 11.5 Å². The van der Waals surface area contributed by atoms with Gasteiger partial charge in [0.05, 0.1) is 18.7 Å². The van der Waals surface area contributed by atoms with E-state index in [1.54, 1.807) is 18.2 Å². The molecule has 9 N–H and O–H groups in total. The predicted molar refractivity (Wildman–Crippen MR) is 109 cm³/mol. The van der Waals surface area contributed by atoms with E-state index in [1.165, 1.54) is 12.1 Å². The Kier molecular flexibility index (Phi) is 10.5. The zero-order valence-electron chi connectivity index (χ0n) is 17.4. The van der Waals surface area contributed by atoms with Crippen LogP contribution in [0.25, 0.3) is 0 Å². The highest BCUT2D eigenvalue weighted by Crippen LogP contribution is 2.14. The monoisotopic (exact) mass is 441 g/mol. The summed E-state index contributed by atoms with van der Waals surface area (Å²) in [5.41, 5.74) is 5.96. The number of amides is 2. The van der Waals surface area contributed by atoms with E-state index >= 15 is 0 Å². The number of carbonyl (C=O) groups excluding carboxylic acids is 2. The van der Waals surface area contributed by atoms with Gasteiger partial charge in [-0.15, -0.1) is 0 Å². The Bertz CT molecular complexity index is 730. The summed E-state index contributed by atoms with van der Waals surface area (Å²) in [6.45, 7) is 2.89. The Labute approximate surface area is 179 Å². The molecular formula is C20H31N3O8. The van der Waals surface area contributed by atoms with Crippen molar-refractivity contribution in [1.29, 1.82) is 0 Å². The molecule has 1 rings (SSSR count). The molecule has 1 aromatic carbocycles. The molecule has 11 heteroatoms. The molecule has 0 aliphatic rings. The summed E-state index contributed by atoms with van der Waals surface area (Å²) in [4.78, 5) is 35.9. The van der Waals surface area contributed by atoms with Crippen molar-refractivity contribution in [2.24, 2.45) is 11.7 Å². The van der Waals surface area contributed by atoms with Gasteiger partial charge in [-0.1, -0.05) is 44.2 Å². The highest BCUT2D eigenvalue weighted by atomic mass is 16.4. The van der Waals surface area contributed by atoms with E-state index < -0.39 is 60.8 Å². The summed E-state index contributed by atoms with van der Waals surface area (Å²) in [6.07, 6.45) is -5.98. The lowest BCUT2D eigenvalue weighted by Gasteiger charge is -2.30. The van der Waals surface area contributed by atoms with Crippen molar-refractivity contribution < 1.29 is 39.9 Å². The number of carbonyl (C=O) groups is 3. The van der Waals surface area contributed by atoms with Crippen LogP contribution < -0.4 is 16.4 Å². The van der Waals surface area contributed by atoms with Crippen LogP contribution in [0.5, 0.6) is 0 Å². The van der Waals surface area contributed by atoms with Gasteiger partial charge < -0.3 is 41.9 Å². The van der Waals surface area contributed by atoms with Crippen LogP contribution in [0.2, 0.25) is 0 Å². The van der Waals surface area contributed by atoms with Crippen molar-refractivity contribution in [1.82, 2.24) is 10.6 Å². The summed E-state index contributed by atoms with van der Waals surface area (Å²) < 4.78 is 0. The summed E-state index contributed by atoms with van der Waals surface area (Å²) in [5, 5.41) is 53.7. The Morgan fingerprint density at radius 1 is 0.968 bits per heavy atom. The number of carboxylic acids is 1. The van der Waals surface area contributed by atoms with Crippen LogP contribution in [0.3, 0.4) is 0 Å². The molecule has 31 heavy (non-hydrogen) atoms. The van der Waals surface area contributed by atoms with Crippen molar-refractivity contribution in [2.45, 2.75) is 56.7 Å². The third-order valence-corrected chi connectivity index (χ3v) is 4.61. The largest absolute Gasteiger partial charge is 0.479 e. The Hall–Kier alpha value is -2.57. The lowest BCUT2D eigenvalue weighted by Crippen LogP contribution is -2.58. The topological polar surface area (TPSA) is 202 Å². The molecule has 0 saturated carbocycles. The third kappa shape index (κ3) is 7.89. The van der Waals surface area contributed by atoms with E-state index in [9.17, 15) is 39.9 Å². The zero-order valence-corrected chi connectivity index (χ0v) is 17.4. The number of nitrogens with one attached hydrogen (secondary N) is 2. The summed E-state index contributed by atoms with van der Waals surface area (Å²) in [6, 6.07) is 3.82. The van der Waals surface area contributed by atoms with Crippen molar-refractivity contribution in [3.05, 3.63) is 35.9 Å². The molecule has 0 aliphatic heterocycles. The van der Waals surface area contributed by atoms with E-state index in [1.807, 2.05) is 13.8 Å². The molecule has 0 heterocycles. The second-order valence-corrected chi connectivity index (χ2v) is 7.65. The van der Waals surface area contributed by atoms with Crippen molar-refractivity contribution in [2.75, 3.05) is 6.61 Å². The highest BCUT2D eigenvalue weighted by Gasteiger charge is 2.37. The number of nitrogens with two attached hydrogens (primary N) is 1. The highest BCUT2D eigenvalue weighted by molar-refractivity contribution is 5.87. The van der Waals surface area contributed by atoms with E-state index in [0.717, 1.165) is 0 Å². The van der Waals surface area contributed by atoms with Gasteiger partial charge in [0, 0.05) is 0 Å². The first-order chi connectivity index (χ1) is 14.5. The first kappa shape index (κ1) is 26.5. The van der Waals surface area contributed by atoms with Gasteiger partial charge in [-0.25, -0.2) is 4.79 Å². The molecule has 0 aliphatic carbocycles. The van der Waals surface area contributed by atoms with Crippen LogP contribution in [-0.4, -0.2) is 80.3 Å². The Morgan fingerprint density at radius 2 is 1.55 bits per heavy atom. The first-order valence-electron chi connectivity index (χ1n) is 9.78. The van der Waals surface area contributed by atoms with E-state index in [2.05, 4.69) is 10.6 Å². The molecule has 0 unspecified atom stereocenters. The number of rotatable bonds is 12. The van der Waals surface area contributed by atoms with Gasteiger partial charge in [-0.05, 0) is 17.9 Å². The molecule has 2 amide bonds. The molecule has 0 aromatic heterocycles. The second-order valence-electron chi connectivity index (χ2n) is 7.65. The normalized spacial score (nSPS) is 17.2. The quantitative estimate of drug-likeness (QED) is 0.178. The van der Waals surface area contributed by atoms with Gasteiger partial charge in [0.15, 0.2) is 12.1 Å². The van der Waals surface area contributed by atoms with Crippen molar-refractivity contribution in [3.8, 4) is 0 Å². The predicted octanol–water partition coefficient (Wildman–Crippen LogP) is -2.14. The average molecular weight is 441 g/mol. The fraction of sp³-hybridized carbons (Fsp3) is 0.550. The van der Waals surface area contributed by atoms with Crippen molar-refractivity contribution in [3.63, 3.8) is 0 Å². The molecule has 6 atom stereocenters. The van der Waals surface area contributed by atoms with Gasteiger partial charge >= 0.3 is 5.97 Å². The molecule has 0 bridgehead atoms. The molecule has 174 valence electrons. The fourth-order valence-corrected chi connectivity index (χ4v) is 2.88. The summed E-state index contributed by atoms with van der Waals surface area (Å²) in [5.74, 6) is -3.24. The van der Waals surface area contributed by atoms with Crippen LogP contribution in [0.1, 0.15) is 31.9 Å². The molecular weight excluding hydrogens is 410 g/mol. The minimum absolute atomic E-state index is 0.112. The number of carboxylic acid groups (broad SMARTS) is 1. The molecule has 1 aromatic rings. The number of benzene rings is 1. The van der Waals surface area contributed by atoms with Gasteiger partial charge in [0.2, 0.25) is 5.91 Å². The summed E-state index contributed by atoms with van der Waals surface area (Å²) in [7, 11) is 0. The summed E-state index contributed by atoms with van der Waals surface area (Å²) >= 11 is 0. The van der Waals surface area contributed by atoms with Gasteiger partial charge in [-0.3, -0.25) is 9.59 Å². The second kappa shape index (κ2) is 12.3. The lowest BCUT2D eigenvalue weighted by atomic mass is 9.98. The number of aliphatic carboxylic acids is 1. The van der Waals surface area contributed by atoms with E-state index in [0.29, 0.717) is 6.42 Å². The van der Waals surface area contributed by atoms with Crippen LogP contribution in [-0.2, 0) is 14.4 Å². The number of aliphatic hydroxyl groups is 4. The molecule has 0 spiro atoms. The maximum absolute atomic E-state index is 12.3. The minimum atomic E-state index is -2.24. The fourth-order valence-electron chi connectivity index (χ4n) is 2.88. The smallest absolute Gasteiger partial charge is 0.330 e. The average Bonchev–Trinajstić information content (AvgIpc) is 2.73.